The van der Waals surface area contributed by atoms with Crippen LogP contribution in [0.15, 0.2) is 85.1 Å². The molecular weight excluding hydrogens is 725 g/mol. The molecule has 56 heavy (non-hydrogen) atoms. The lowest BCUT2D eigenvalue weighted by atomic mass is 10.1. The van der Waals surface area contributed by atoms with Crippen LogP contribution in [-0.2, 0) is 32.7 Å². The SMILES string of the molecule is CC/C=C/C=C/C=C/C=C/CCCCCCCC(=O)OC[C@H](COP(=O)(O)OCC[N+](C)(C)C)OC(=O)CCC/C=C/C/C=C/C/C=C/CCCCCCCC. The summed E-state index contributed by atoms with van der Waals surface area (Å²) in [5, 5.41) is 0. The summed E-state index contributed by atoms with van der Waals surface area (Å²) in [6.07, 6.45) is 47.8. The smallest absolute Gasteiger partial charge is 0.462 e. The molecule has 0 spiro atoms. The van der Waals surface area contributed by atoms with Gasteiger partial charge < -0.3 is 18.9 Å². The number of unbranched alkanes of at least 4 members (excludes halogenated alkanes) is 12. The van der Waals surface area contributed by atoms with Crippen molar-refractivity contribution in [3.05, 3.63) is 85.1 Å². The Bertz CT molecular complexity index is 1230. The summed E-state index contributed by atoms with van der Waals surface area (Å²) in [5.74, 6) is -0.897. The number of hydrogen-bond donors (Lipinski definition) is 1. The van der Waals surface area contributed by atoms with Gasteiger partial charge in [0, 0.05) is 12.8 Å². The van der Waals surface area contributed by atoms with Gasteiger partial charge in [-0.3, -0.25) is 18.6 Å². The van der Waals surface area contributed by atoms with E-state index in [4.69, 9.17) is 18.5 Å². The lowest BCUT2D eigenvalue weighted by molar-refractivity contribution is -0.870. The minimum absolute atomic E-state index is 0.0136. The molecule has 0 heterocycles. The van der Waals surface area contributed by atoms with Crippen LogP contribution in [0.3, 0.4) is 0 Å². The number of quaternary nitrogens is 1. The van der Waals surface area contributed by atoms with Gasteiger partial charge in [-0.2, -0.15) is 0 Å². The topological polar surface area (TPSA) is 108 Å². The van der Waals surface area contributed by atoms with E-state index in [0.29, 0.717) is 30.3 Å². The van der Waals surface area contributed by atoms with Crippen molar-refractivity contribution in [3.8, 4) is 0 Å². The second kappa shape index (κ2) is 37.7. The van der Waals surface area contributed by atoms with Crippen LogP contribution in [0.2, 0.25) is 0 Å². The first-order chi connectivity index (χ1) is 27.0. The minimum Gasteiger partial charge on any atom is -0.462 e. The third kappa shape index (κ3) is 40.8. The number of phosphoric acid groups is 1. The molecule has 320 valence electrons. The van der Waals surface area contributed by atoms with Crippen molar-refractivity contribution in [2.45, 2.75) is 148 Å². The van der Waals surface area contributed by atoms with Crippen molar-refractivity contribution >= 4 is 19.8 Å². The average Bonchev–Trinajstić information content (AvgIpc) is 3.15. The molecule has 0 radical (unpaired) electrons. The number of ether oxygens (including phenoxy) is 2. The van der Waals surface area contributed by atoms with Crippen molar-refractivity contribution < 1.29 is 42.1 Å². The number of nitrogens with zero attached hydrogens (tertiary/aromatic N) is 1. The summed E-state index contributed by atoms with van der Waals surface area (Å²) in [5.41, 5.74) is 0. The Morgan fingerprint density at radius 3 is 1.73 bits per heavy atom. The van der Waals surface area contributed by atoms with Crippen LogP contribution in [0.4, 0.5) is 0 Å². The molecule has 10 heteroatoms. The summed E-state index contributed by atoms with van der Waals surface area (Å²) in [4.78, 5) is 35.3. The third-order valence-corrected chi connectivity index (χ3v) is 9.49. The maximum atomic E-state index is 12.7. The van der Waals surface area contributed by atoms with Crippen LogP contribution in [-0.4, -0.2) is 74.9 Å². The van der Waals surface area contributed by atoms with Gasteiger partial charge in [-0.25, -0.2) is 4.57 Å². The normalized spacial score (nSPS) is 14.5. The lowest BCUT2D eigenvalue weighted by Gasteiger charge is -2.24. The average molecular weight is 805 g/mol. The monoisotopic (exact) mass is 805 g/mol. The van der Waals surface area contributed by atoms with Gasteiger partial charge in [0.25, 0.3) is 0 Å². The van der Waals surface area contributed by atoms with Crippen molar-refractivity contribution in [1.82, 2.24) is 0 Å². The Balaban J connectivity index is 4.53. The second-order valence-corrected chi connectivity index (χ2v) is 16.5. The van der Waals surface area contributed by atoms with Gasteiger partial charge in [-0.1, -0.05) is 150 Å². The summed E-state index contributed by atoms with van der Waals surface area (Å²) in [6.45, 7) is 4.16. The van der Waals surface area contributed by atoms with Gasteiger partial charge in [-0.15, -0.1) is 0 Å². The number of phosphoric ester groups is 1. The van der Waals surface area contributed by atoms with Crippen molar-refractivity contribution in [3.63, 3.8) is 0 Å². The van der Waals surface area contributed by atoms with E-state index >= 15 is 0 Å². The summed E-state index contributed by atoms with van der Waals surface area (Å²) in [7, 11) is 1.41. The van der Waals surface area contributed by atoms with E-state index in [1.807, 2.05) is 57.6 Å². The quantitative estimate of drug-likeness (QED) is 0.0165. The molecule has 1 unspecified atom stereocenters. The Morgan fingerprint density at radius 1 is 0.589 bits per heavy atom. The van der Waals surface area contributed by atoms with Gasteiger partial charge in [0.2, 0.25) is 0 Å². The first-order valence-corrected chi connectivity index (χ1v) is 22.9. The van der Waals surface area contributed by atoms with Crippen LogP contribution in [0.1, 0.15) is 142 Å². The van der Waals surface area contributed by atoms with Gasteiger partial charge in [-0.05, 0) is 64.2 Å². The molecule has 9 nitrogen and oxygen atoms in total. The fourth-order valence-electron chi connectivity index (χ4n) is 5.16. The van der Waals surface area contributed by atoms with Crippen LogP contribution in [0.25, 0.3) is 0 Å². The first-order valence-electron chi connectivity index (χ1n) is 21.4. The Labute approximate surface area is 341 Å². The molecule has 0 aliphatic rings. The lowest BCUT2D eigenvalue weighted by Crippen LogP contribution is -2.37. The molecule has 0 amide bonds. The highest BCUT2D eigenvalue weighted by Crippen LogP contribution is 2.43. The number of hydrogen-bond acceptors (Lipinski definition) is 7. The largest absolute Gasteiger partial charge is 0.472 e. The number of carbonyl (C=O) groups excluding carboxylic acids is 2. The van der Waals surface area contributed by atoms with Crippen molar-refractivity contribution in [1.29, 1.82) is 0 Å². The summed E-state index contributed by atoms with van der Waals surface area (Å²) < 4.78 is 34.2. The van der Waals surface area contributed by atoms with E-state index in [1.54, 1.807) is 0 Å². The maximum absolute atomic E-state index is 12.7. The number of rotatable bonds is 37. The van der Waals surface area contributed by atoms with Gasteiger partial charge in [0.05, 0.1) is 27.7 Å². The summed E-state index contributed by atoms with van der Waals surface area (Å²) >= 11 is 0. The molecule has 0 aliphatic heterocycles. The zero-order valence-corrected chi connectivity index (χ0v) is 36.7. The van der Waals surface area contributed by atoms with Crippen LogP contribution >= 0.6 is 7.82 Å². The highest BCUT2D eigenvalue weighted by atomic mass is 31.2. The molecule has 0 bridgehead atoms. The van der Waals surface area contributed by atoms with Crippen LogP contribution in [0.5, 0.6) is 0 Å². The van der Waals surface area contributed by atoms with Gasteiger partial charge >= 0.3 is 19.8 Å². The van der Waals surface area contributed by atoms with Crippen LogP contribution in [0, 0.1) is 0 Å². The standard InChI is InChI=1S/C46H78NO8P/c1-6-8-10-12-14-16-18-20-22-23-25-27-29-31-33-35-37-39-46(49)55-44(43-54-56(50,51)53-41-40-47(3,4)5)42-52-45(48)38-36-34-32-30-28-26-24-21-19-17-15-13-11-9-7-2/h9,11,13,15,17,19-22,24-25,27,31,33,44H,6-8,10,12,14,16,18,23,26,28-30,32,34-43H2,1-5H3/p+1/b11-9+,15-13+,19-17+,22-20+,24-21+,27-25+,33-31+/t44-/m1/s1. The van der Waals surface area contributed by atoms with E-state index in [2.05, 4.69) is 62.5 Å². The Kier molecular flexibility index (Phi) is 35.9. The molecule has 0 aromatic rings. The summed E-state index contributed by atoms with van der Waals surface area (Å²) in [6, 6.07) is 0. The fraction of sp³-hybridized carbons (Fsp3) is 0.652. The number of carbonyl (C=O) groups is 2. The first kappa shape index (κ1) is 53.2. The second-order valence-electron chi connectivity index (χ2n) is 15.1. The molecular formula is C46H79NO8P+. The van der Waals surface area contributed by atoms with E-state index in [0.717, 1.165) is 57.8 Å². The highest BCUT2D eigenvalue weighted by Gasteiger charge is 2.27. The molecule has 0 aromatic heterocycles. The predicted octanol–water partition coefficient (Wildman–Crippen LogP) is 12.0. The van der Waals surface area contributed by atoms with E-state index in [1.165, 1.54) is 38.5 Å². The van der Waals surface area contributed by atoms with Gasteiger partial charge in [0.15, 0.2) is 6.10 Å². The third-order valence-electron chi connectivity index (χ3n) is 8.50. The molecule has 0 saturated carbocycles. The number of likely N-dealkylation sites (N-methyl/N-ethyl adjacent to an activating group) is 1. The number of esters is 2. The minimum atomic E-state index is -4.40. The Morgan fingerprint density at radius 2 is 1.11 bits per heavy atom. The molecule has 0 aromatic carbocycles. The Hall–Kier alpha value is -2.81. The van der Waals surface area contributed by atoms with E-state index < -0.39 is 32.5 Å². The van der Waals surface area contributed by atoms with E-state index in [9.17, 15) is 19.0 Å². The predicted molar refractivity (Wildman–Crippen MR) is 233 cm³/mol. The van der Waals surface area contributed by atoms with E-state index in [-0.39, 0.29) is 26.1 Å². The van der Waals surface area contributed by atoms with Crippen molar-refractivity contribution in [2.75, 3.05) is 47.5 Å². The molecule has 2 atom stereocenters. The molecule has 0 aliphatic carbocycles. The van der Waals surface area contributed by atoms with Gasteiger partial charge in [0.1, 0.15) is 19.8 Å². The number of allylic oxidation sites excluding steroid dienone is 14. The molecule has 0 rings (SSSR count). The molecule has 1 N–H and O–H groups in total. The fourth-order valence-corrected chi connectivity index (χ4v) is 5.90. The van der Waals surface area contributed by atoms with Crippen LogP contribution < -0.4 is 0 Å². The molecule has 0 fully saturated rings. The molecule has 0 saturated heterocycles. The zero-order chi connectivity index (χ0) is 41.4. The maximum Gasteiger partial charge on any atom is 0.472 e. The van der Waals surface area contributed by atoms with Crippen molar-refractivity contribution in [2.24, 2.45) is 0 Å². The zero-order valence-electron chi connectivity index (χ0n) is 35.8. The highest BCUT2D eigenvalue weighted by molar-refractivity contribution is 7.47.